The van der Waals surface area contributed by atoms with E-state index in [1.165, 1.54) is 18.2 Å². The van der Waals surface area contributed by atoms with Gasteiger partial charge < -0.3 is 10.4 Å². The van der Waals surface area contributed by atoms with Crippen molar-refractivity contribution in [1.29, 1.82) is 0 Å². The molecule has 2 aromatic carbocycles. The number of benzene rings is 2. The normalized spacial score (nSPS) is 11.4. The van der Waals surface area contributed by atoms with Crippen molar-refractivity contribution in [3.8, 4) is 5.75 Å². The molecular formula is C15H14F3NO. The molecule has 0 atom stereocenters. The highest BCUT2D eigenvalue weighted by Crippen LogP contribution is 2.32. The zero-order chi connectivity index (χ0) is 14.8. The summed E-state index contributed by atoms with van der Waals surface area (Å²) < 4.78 is 38.5. The summed E-state index contributed by atoms with van der Waals surface area (Å²) in [6.07, 6.45) is -4.37. The molecule has 0 aliphatic heterocycles. The van der Waals surface area contributed by atoms with E-state index in [1.54, 1.807) is 25.1 Å². The van der Waals surface area contributed by atoms with Crippen molar-refractivity contribution in [2.24, 2.45) is 0 Å². The number of aryl methyl sites for hydroxylation is 1. The number of halogens is 3. The van der Waals surface area contributed by atoms with E-state index in [1.807, 2.05) is 0 Å². The van der Waals surface area contributed by atoms with E-state index >= 15 is 0 Å². The highest BCUT2D eigenvalue weighted by Gasteiger charge is 2.32. The third kappa shape index (κ3) is 3.23. The third-order valence-electron chi connectivity index (χ3n) is 3.01. The first kappa shape index (κ1) is 14.2. The van der Waals surface area contributed by atoms with Crippen molar-refractivity contribution in [1.82, 2.24) is 0 Å². The first-order chi connectivity index (χ1) is 9.38. The first-order valence-corrected chi connectivity index (χ1v) is 6.06. The van der Waals surface area contributed by atoms with Crippen LogP contribution in [-0.4, -0.2) is 5.11 Å². The minimum Gasteiger partial charge on any atom is -0.508 e. The summed E-state index contributed by atoms with van der Waals surface area (Å²) in [5.41, 5.74) is 0.806. The van der Waals surface area contributed by atoms with Crippen LogP contribution in [0.4, 0.5) is 18.9 Å². The number of phenols is 1. The second kappa shape index (κ2) is 5.45. The van der Waals surface area contributed by atoms with Crippen molar-refractivity contribution in [3.05, 3.63) is 59.2 Å². The van der Waals surface area contributed by atoms with Crippen molar-refractivity contribution in [2.75, 3.05) is 5.32 Å². The smallest absolute Gasteiger partial charge is 0.416 e. The Morgan fingerprint density at radius 1 is 1.10 bits per heavy atom. The summed E-state index contributed by atoms with van der Waals surface area (Å²) in [5.74, 6) is 0.110. The highest BCUT2D eigenvalue weighted by molar-refractivity contribution is 5.51. The highest BCUT2D eigenvalue weighted by atomic mass is 19.4. The Morgan fingerprint density at radius 2 is 1.80 bits per heavy atom. The van der Waals surface area contributed by atoms with Crippen LogP contribution in [0.25, 0.3) is 0 Å². The van der Waals surface area contributed by atoms with E-state index in [4.69, 9.17) is 0 Å². The molecule has 0 spiro atoms. The Kier molecular flexibility index (Phi) is 3.88. The number of hydrogen-bond donors (Lipinski definition) is 2. The maximum Gasteiger partial charge on any atom is 0.416 e. The van der Waals surface area contributed by atoms with Crippen molar-refractivity contribution in [2.45, 2.75) is 19.6 Å². The molecule has 0 aromatic heterocycles. The predicted molar refractivity (Wildman–Crippen MR) is 71.6 cm³/mol. The second-order valence-electron chi connectivity index (χ2n) is 4.51. The van der Waals surface area contributed by atoms with E-state index in [9.17, 15) is 18.3 Å². The quantitative estimate of drug-likeness (QED) is 0.877. The molecule has 0 unspecified atom stereocenters. The number of hydrogen-bond acceptors (Lipinski definition) is 2. The van der Waals surface area contributed by atoms with Crippen molar-refractivity contribution < 1.29 is 18.3 Å². The molecule has 20 heavy (non-hydrogen) atoms. The van der Waals surface area contributed by atoms with Gasteiger partial charge in [0.05, 0.1) is 5.56 Å². The largest absolute Gasteiger partial charge is 0.508 e. The van der Waals surface area contributed by atoms with Gasteiger partial charge in [0.25, 0.3) is 0 Å². The zero-order valence-electron chi connectivity index (χ0n) is 10.8. The minimum absolute atomic E-state index is 0.0399. The molecule has 0 saturated heterocycles. The molecule has 0 aliphatic carbocycles. The van der Waals surface area contributed by atoms with Gasteiger partial charge in [-0.2, -0.15) is 13.2 Å². The van der Waals surface area contributed by atoms with Gasteiger partial charge in [-0.3, -0.25) is 0 Å². The summed E-state index contributed by atoms with van der Waals surface area (Å²) >= 11 is 0. The molecular weight excluding hydrogens is 267 g/mol. The summed E-state index contributed by atoms with van der Waals surface area (Å²) in [7, 11) is 0. The summed E-state index contributed by atoms with van der Waals surface area (Å²) in [6.45, 7) is 1.79. The standard InChI is InChI=1S/C15H14F3NO/c1-10-6-7-12(8-14(10)20)19-9-11-4-2-3-5-13(11)15(16,17)18/h2-8,19-20H,9H2,1H3. The van der Waals surface area contributed by atoms with Crippen molar-refractivity contribution in [3.63, 3.8) is 0 Å². The number of alkyl halides is 3. The summed E-state index contributed by atoms with van der Waals surface area (Å²) in [6, 6.07) is 10.3. The van der Waals surface area contributed by atoms with Crippen LogP contribution in [0.3, 0.4) is 0 Å². The third-order valence-corrected chi connectivity index (χ3v) is 3.01. The maximum absolute atomic E-state index is 12.8. The van der Waals surface area contributed by atoms with Gasteiger partial charge in [-0.25, -0.2) is 0 Å². The van der Waals surface area contributed by atoms with E-state index in [0.717, 1.165) is 6.07 Å². The molecule has 0 heterocycles. The van der Waals surface area contributed by atoms with Crippen LogP contribution in [0, 0.1) is 6.92 Å². The lowest BCUT2D eigenvalue weighted by Gasteiger charge is -2.14. The Balaban J connectivity index is 2.17. The molecule has 2 aromatic rings. The van der Waals surface area contributed by atoms with Crippen LogP contribution in [-0.2, 0) is 12.7 Å². The molecule has 0 fully saturated rings. The Labute approximate surface area is 114 Å². The van der Waals surface area contributed by atoms with E-state index in [0.29, 0.717) is 11.3 Å². The van der Waals surface area contributed by atoms with Gasteiger partial charge >= 0.3 is 6.18 Å². The monoisotopic (exact) mass is 281 g/mol. The molecule has 0 bridgehead atoms. The summed E-state index contributed by atoms with van der Waals surface area (Å²) in [4.78, 5) is 0. The van der Waals surface area contributed by atoms with Gasteiger partial charge in [0.1, 0.15) is 5.75 Å². The van der Waals surface area contributed by atoms with Crippen LogP contribution >= 0.6 is 0 Å². The number of rotatable bonds is 3. The molecule has 2 N–H and O–H groups in total. The van der Waals surface area contributed by atoms with Crippen LogP contribution in [0.1, 0.15) is 16.7 Å². The van der Waals surface area contributed by atoms with Gasteiger partial charge in [-0.05, 0) is 30.2 Å². The molecule has 106 valence electrons. The minimum atomic E-state index is -4.37. The van der Waals surface area contributed by atoms with Gasteiger partial charge in [0.2, 0.25) is 0 Å². The van der Waals surface area contributed by atoms with Crippen LogP contribution in [0.2, 0.25) is 0 Å². The number of phenolic OH excluding ortho intramolecular Hbond substituents is 1. The van der Waals surface area contributed by atoms with Crippen molar-refractivity contribution >= 4 is 5.69 Å². The van der Waals surface area contributed by atoms with Crippen LogP contribution in [0.5, 0.6) is 5.75 Å². The summed E-state index contributed by atoms with van der Waals surface area (Å²) in [5, 5.41) is 12.4. The Morgan fingerprint density at radius 3 is 2.45 bits per heavy atom. The molecule has 0 aliphatic rings. The molecule has 2 rings (SSSR count). The molecule has 2 nitrogen and oxygen atoms in total. The van der Waals surface area contributed by atoms with Gasteiger partial charge in [0, 0.05) is 18.3 Å². The number of nitrogens with one attached hydrogen (secondary N) is 1. The second-order valence-corrected chi connectivity index (χ2v) is 4.51. The van der Waals surface area contributed by atoms with Gasteiger partial charge in [-0.1, -0.05) is 24.3 Å². The van der Waals surface area contributed by atoms with Gasteiger partial charge in [-0.15, -0.1) is 0 Å². The average molecular weight is 281 g/mol. The Hall–Kier alpha value is -2.17. The topological polar surface area (TPSA) is 32.3 Å². The Bertz CT molecular complexity index is 608. The fraction of sp³-hybridized carbons (Fsp3) is 0.200. The lowest BCUT2D eigenvalue weighted by Crippen LogP contribution is -2.11. The van der Waals surface area contributed by atoms with E-state index in [2.05, 4.69) is 5.32 Å². The van der Waals surface area contributed by atoms with Gasteiger partial charge in [0.15, 0.2) is 0 Å². The maximum atomic E-state index is 12.8. The lowest BCUT2D eigenvalue weighted by atomic mass is 10.1. The molecule has 0 radical (unpaired) electrons. The number of aromatic hydroxyl groups is 1. The predicted octanol–water partition coefficient (Wildman–Crippen LogP) is 4.33. The average Bonchev–Trinajstić information content (AvgIpc) is 2.39. The molecule has 0 amide bonds. The van der Waals surface area contributed by atoms with Crippen LogP contribution in [0.15, 0.2) is 42.5 Å². The number of anilines is 1. The fourth-order valence-electron chi connectivity index (χ4n) is 1.87. The SMILES string of the molecule is Cc1ccc(NCc2ccccc2C(F)(F)F)cc1O. The lowest BCUT2D eigenvalue weighted by molar-refractivity contribution is -0.138. The molecule has 0 saturated carbocycles. The van der Waals surface area contributed by atoms with E-state index in [-0.39, 0.29) is 17.9 Å². The fourth-order valence-corrected chi connectivity index (χ4v) is 1.87. The van der Waals surface area contributed by atoms with E-state index < -0.39 is 11.7 Å². The molecule has 5 heteroatoms. The first-order valence-electron chi connectivity index (χ1n) is 6.06. The zero-order valence-corrected chi connectivity index (χ0v) is 10.8. The van der Waals surface area contributed by atoms with Crippen LogP contribution < -0.4 is 5.32 Å².